The summed E-state index contributed by atoms with van der Waals surface area (Å²) in [4.78, 5) is 0. The van der Waals surface area contributed by atoms with E-state index in [4.69, 9.17) is 23.2 Å². The summed E-state index contributed by atoms with van der Waals surface area (Å²) in [5, 5.41) is 0.489. The summed E-state index contributed by atoms with van der Waals surface area (Å²) >= 11 is 15.6. The van der Waals surface area contributed by atoms with E-state index in [0.29, 0.717) is 9.36 Å². The smallest absolute Gasteiger partial charge is 0.113 e. The largest absolute Gasteiger partial charge is 0.114 e. The highest BCUT2D eigenvalue weighted by Crippen LogP contribution is 2.33. The highest BCUT2D eigenvalue weighted by atomic mass is 79.9. The fraction of sp³-hybridized carbons (Fsp3) is 0. The standard InChI is InChI=1S/C4BrCl2S/c5-3-1-2(6)4(7)8-3. The van der Waals surface area contributed by atoms with Crippen molar-refractivity contribution in [2.24, 2.45) is 0 Å². The van der Waals surface area contributed by atoms with Gasteiger partial charge in [0.15, 0.2) is 0 Å². The molecule has 0 aromatic carbocycles. The molecule has 0 atom stereocenters. The first-order chi connectivity index (χ1) is 3.70. The Morgan fingerprint density at radius 3 is 2.25 bits per heavy atom. The van der Waals surface area contributed by atoms with Gasteiger partial charge in [-0.25, -0.2) is 0 Å². The Bertz CT molecular complexity index is 176. The van der Waals surface area contributed by atoms with Crippen LogP contribution in [0.1, 0.15) is 0 Å². The van der Waals surface area contributed by atoms with Crippen molar-refractivity contribution in [3.05, 3.63) is 19.2 Å². The van der Waals surface area contributed by atoms with Gasteiger partial charge in [-0.3, -0.25) is 0 Å². The highest BCUT2D eigenvalue weighted by molar-refractivity contribution is 9.11. The predicted molar refractivity (Wildman–Crippen MR) is 40.9 cm³/mol. The molecule has 0 aliphatic rings. The van der Waals surface area contributed by atoms with Crippen LogP contribution in [0.25, 0.3) is 0 Å². The van der Waals surface area contributed by atoms with Crippen LogP contribution in [0.15, 0.2) is 3.79 Å². The number of rotatable bonds is 0. The van der Waals surface area contributed by atoms with Gasteiger partial charge >= 0.3 is 0 Å². The van der Waals surface area contributed by atoms with Gasteiger partial charge < -0.3 is 0 Å². The third-order valence-corrected chi connectivity index (χ3v) is 2.82. The summed E-state index contributed by atoms with van der Waals surface area (Å²) in [5.41, 5.74) is 0. The molecule has 0 aliphatic heterocycles. The van der Waals surface area contributed by atoms with Crippen molar-refractivity contribution < 1.29 is 0 Å². The molecule has 43 valence electrons. The minimum atomic E-state index is 0.489. The summed E-state index contributed by atoms with van der Waals surface area (Å²) in [5.74, 6) is 0. The van der Waals surface area contributed by atoms with Crippen molar-refractivity contribution in [3.63, 3.8) is 0 Å². The molecule has 0 saturated carbocycles. The van der Waals surface area contributed by atoms with Crippen LogP contribution in [0, 0.1) is 6.07 Å². The van der Waals surface area contributed by atoms with E-state index < -0.39 is 0 Å². The van der Waals surface area contributed by atoms with Crippen molar-refractivity contribution >= 4 is 50.5 Å². The Balaban J connectivity index is 3.14. The van der Waals surface area contributed by atoms with Crippen LogP contribution in [0.5, 0.6) is 0 Å². The summed E-state index contributed by atoms with van der Waals surface area (Å²) < 4.78 is 1.42. The lowest BCUT2D eigenvalue weighted by Crippen LogP contribution is -1.45. The van der Waals surface area contributed by atoms with Crippen LogP contribution in [0.4, 0.5) is 0 Å². The zero-order valence-corrected chi connectivity index (χ0v) is 7.46. The first kappa shape index (κ1) is 6.87. The Morgan fingerprint density at radius 2 is 2.12 bits per heavy atom. The summed E-state index contributed by atoms with van der Waals surface area (Å²) in [7, 11) is 0. The van der Waals surface area contributed by atoms with Gasteiger partial charge in [0.05, 0.1) is 8.81 Å². The zero-order valence-electron chi connectivity index (χ0n) is 3.54. The molecule has 8 heavy (non-hydrogen) atoms. The van der Waals surface area contributed by atoms with E-state index in [1.165, 1.54) is 11.3 Å². The first-order valence-electron chi connectivity index (χ1n) is 1.73. The van der Waals surface area contributed by atoms with Crippen molar-refractivity contribution in [2.45, 2.75) is 0 Å². The van der Waals surface area contributed by atoms with Crippen LogP contribution in [0.3, 0.4) is 0 Å². The predicted octanol–water partition coefficient (Wildman–Crippen LogP) is 3.62. The van der Waals surface area contributed by atoms with Gasteiger partial charge in [-0.05, 0) is 15.9 Å². The minimum absolute atomic E-state index is 0.489. The van der Waals surface area contributed by atoms with E-state index >= 15 is 0 Å². The number of halogens is 3. The van der Waals surface area contributed by atoms with Gasteiger partial charge in [0.2, 0.25) is 0 Å². The van der Waals surface area contributed by atoms with E-state index in [2.05, 4.69) is 22.0 Å². The van der Waals surface area contributed by atoms with Crippen molar-refractivity contribution in [1.29, 1.82) is 0 Å². The third-order valence-electron chi connectivity index (χ3n) is 0.560. The summed E-state index contributed by atoms with van der Waals surface area (Å²) in [6.07, 6.45) is 0. The highest BCUT2D eigenvalue weighted by Gasteiger charge is 2.00. The molecule has 0 saturated heterocycles. The van der Waals surface area contributed by atoms with E-state index in [-0.39, 0.29) is 0 Å². The number of hydrogen-bond donors (Lipinski definition) is 0. The average Bonchev–Trinajstić information content (AvgIpc) is 1.85. The zero-order chi connectivity index (χ0) is 6.15. The topological polar surface area (TPSA) is 0 Å². The lowest BCUT2D eigenvalue weighted by Gasteiger charge is -1.72. The molecule has 1 heterocycles. The molecule has 0 amide bonds. The molecule has 1 aromatic rings. The van der Waals surface area contributed by atoms with Gasteiger partial charge in [-0.15, -0.1) is 11.3 Å². The Morgan fingerprint density at radius 1 is 1.50 bits per heavy atom. The molecular weight excluding hydrogens is 231 g/mol. The molecule has 0 bridgehead atoms. The number of thiophene rings is 1. The Hall–Kier alpha value is 0.760. The van der Waals surface area contributed by atoms with Crippen molar-refractivity contribution in [2.75, 3.05) is 0 Å². The minimum Gasteiger partial charge on any atom is -0.114 e. The fourth-order valence-electron chi connectivity index (χ4n) is 0.284. The summed E-state index contributed by atoms with van der Waals surface area (Å²) in [6, 6.07) is 2.78. The van der Waals surface area contributed by atoms with E-state index in [1.807, 2.05) is 0 Å². The Kier molecular flexibility index (Phi) is 2.20. The van der Waals surface area contributed by atoms with Crippen molar-refractivity contribution in [1.82, 2.24) is 0 Å². The molecule has 4 heteroatoms. The average molecular weight is 231 g/mol. The second-order valence-electron chi connectivity index (χ2n) is 1.09. The number of hydrogen-bond acceptors (Lipinski definition) is 1. The van der Waals surface area contributed by atoms with Gasteiger partial charge in [0.25, 0.3) is 0 Å². The maximum Gasteiger partial charge on any atom is 0.113 e. The molecule has 0 aliphatic carbocycles. The third kappa shape index (κ3) is 1.38. The second kappa shape index (κ2) is 2.56. The second-order valence-corrected chi connectivity index (χ2v) is 4.41. The quantitative estimate of drug-likeness (QED) is 0.639. The molecule has 0 fully saturated rings. The molecule has 0 unspecified atom stereocenters. The molecule has 0 nitrogen and oxygen atoms in total. The molecule has 1 rings (SSSR count). The maximum absolute atomic E-state index is 5.55. The normalized spacial score (nSPS) is 9.88. The molecule has 1 radical (unpaired) electrons. The fourth-order valence-corrected chi connectivity index (χ4v) is 2.36. The van der Waals surface area contributed by atoms with Gasteiger partial charge in [-0.1, -0.05) is 23.2 Å². The molecule has 0 spiro atoms. The van der Waals surface area contributed by atoms with E-state index in [1.54, 1.807) is 0 Å². The lowest BCUT2D eigenvalue weighted by atomic mass is 10.7. The van der Waals surface area contributed by atoms with Gasteiger partial charge in [0, 0.05) is 6.07 Å². The Labute approximate surface area is 69.5 Å². The lowest BCUT2D eigenvalue weighted by molar-refractivity contribution is 1.92. The van der Waals surface area contributed by atoms with Gasteiger partial charge in [-0.2, -0.15) is 0 Å². The van der Waals surface area contributed by atoms with Crippen LogP contribution in [-0.2, 0) is 0 Å². The van der Waals surface area contributed by atoms with E-state index in [0.717, 1.165) is 3.79 Å². The SMILES string of the molecule is Clc1[c]c(Br)sc1Cl. The van der Waals surface area contributed by atoms with Crippen LogP contribution in [-0.4, -0.2) is 0 Å². The first-order valence-corrected chi connectivity index (χ1v) is 4.09. The van der Waals surface area contributed by atoms with Crippen molar-refractivity contribution in [3.8, 4) is 0 Å². The summed E-state index contributed by atoms with van der Waals surface area (Å²) in [6.45, 7) is 0. The van der Waals surface area contributed by atoms with E-state index in [9.17, 15) is 0 Å². The maximum atomic E-state index is 5.55. The van der Waals surface area contributed by atoms with Crippen LogP contribution < -0.4 is 0 Å². The monoisotopic (exact) mass is 229 g/mol. The van der Waals surface area contributed by atoms with Crippen LogP contribution in [0.2, 0.25) is 9.36 Å². The molecule has 1 aromatic heterocycles. The van der Waals surface area contributed by atoms with Crippen LogP contribution >= 0.6 is 50.5 Å². The molecular formula is C4BrCl2S. The van der Waals surface area contributed by atoms with Gasteiger partial charge in [0.1, 0.15) is 4.34 Å². The molecule has 0 N–H and O–H groups in total.